The van der Waals surface area contributed by atoms with Crippen LogP contribution in [0.4, 0.5) is 18.9 Å². The first-order valence-corrected chi connectivity index (χ1v) is 13.4. The van der Waals surface area contributed by atoms with Crippen molar-refractivity contribution in [3.05, 3.63) is 77.7 Å². The van der Waals surface area contributed by atoms with E-state index < -0.39 is 11.7 Å². The van der Waals surface area contributed by atoms with E-state index in [9.17, 15) is 13.2 Å². The van der Waals surface area contributed by atoms with Crippen LogP contribution in [0.3, 0.4) is 0 Å². The molecule has 1 saturated heterocycles. The van der Waals surface area contributed by atoms with Crippen LogP contribution < -0.4 is 9.64 Å². The molecular weight excluding hydrogens is 503 g/mol. The molecule has 39 heavy (non-hydrogen) atoms. The number of rotatable bonds is 6. The summed E-state index contributed by atoms with van der Waals surface area (Å²) in [5.74, 6) is 1.98. The first-order valence-electron chi connectivity index (χ1n) is 13.4. The summed E-state index contributed by atoms with van der Waals surface area (Å²) < 4.78 is 52.3. The van der Waals surface area contributed by atoms with Crippen LogP contribution in [0.25, 0.3) is 28.1 Å². The molecule has 1 spiro atoms. The molecule has 0 amide bonds. The van der Waals surface area contributed by atoms with E-state index >= 15 is 0 Å². The van der Waals surface area contributed by atoms with Gasteiger partial charge in [-0.25, -0.2) is 4.98 Å². The predicted molar refractivity (Wildman–Crippen MR) is 144 cm³/mol. The average molecular weight is 532 g/mol. The lowest BCUT2D eigenvalue weighted by Crippen LogP contribution is -2.62. The zero-order valence-corrected chi connectivity index (χ0v) is 21.5. The number of benzene rings is 2. The third-order valence-electron chi connectivity index (χ3n) is 8.44. The smallest absolute Gasteiger partial charge is 0.417 e. The zero-order chi connectivity index (χ0) is 26.8. The van der Waals surface area contributed by atoms with Crippen LogP contribution in [0, 0.1) is 11.3 Å². The van der Waals surface area contributed by atoms with E-state index in [1.54, 1.807) is 19.4 Å². The van der Waals surface area contributed by atoms with E-state index in [0.29, 0.717) is 28.5 Å². The zero-order valence-electron chi connectivity index (χ0n) is 21.5. The van der Waals surface area contributed by atoms with Crippen LogP contribution in [0.1, 0.15) is 48.5 Å². The first-order chi connectivity index (χ1) is 18.8. The van der Waals surface area contributed by atoms with Gasteiger partial charge in [0.15, 0.2) is 0 Å². The summed E-state index contributed by atoms with van der Waals surface area (Å²) in [5, 5.41) is 6.24. The van der Waals surface area contributed by atoms with Crippen LogP contribution in [0.2, 0.25) is 0 Å². The second-order valence-corrected chi connectivity index (χ2v) is 11.2. The molecule has 4 aromatic rings. The Labute approximate surface area is 224 Å². The molecule has 200 valence electrons. The predicted octanol–water partition coefficient (Wildman–Crippen LogP) is 7.72. The van der Waals surface area contributed by atoms with E-state index in [1.165, 1.54) is 17.8 Å². The molecule has 1 aliphatic heterocycles. The summed E-state index contributed by atoms with van der Waals surface area (Å²) in [7, 11) is 1.64. The molecule has 3 heterocycles. The summed E-state index contributed by atoms with van der Waals surface area (Å²) in [6, 6.07) is 14.0. The van der Waals surface area contributed by atoms with Crippen molar-refractivity contribution in [2.75, 3.05) is 25.1 Å². The number of alkyl halides is 3. The molecule has 2 aromatic heterocycles. The molecule has 2 saturated carbocycles. The fraction of sp³-hybridized carbons (Fsp3) is 0.355. The van der Waals surface area contributed by atoms with Crippen LogP contribution >= 0.6 is 0 Å². The maximum Gasteiger partial charge on any atom is 0.417 e. The fourth-order valence-corrected chi connectivity index (χ4v) is 6.36. The number of allylic oxidation sites excluding steroid dienone is 1. The summed E-state index contributed by atoms with van der Waals surface area (Å²) in [6.07, 6.45) is 5.51. The molecule has 0 unspecified atom stereocenters. The fourth-order valence-electron chi connectivity index (χ4n) is 6.36. The number of halogens is 3. The van der Waals surface area contributed by atoms with Gasteiger partial charge in [0.2, 0.25) is 5.88 Å². The lowest BCUT2D eigenvalue weighted by atomic mass is 9.57. The Balaban J connectivity index is 1.07. The third-order valence-corrected chi connectivity index (χ3v) is 8.44. The second kappa shape index (κ2) is 8.86. The van der Waals surface area contributed by atoms with Crippen molar-refractivity contribution in [3.63, 3.8) is 0 Å². The van der Waals surface area contributed by atoms with Crippen LogP contribution in [0.5, 0.6) is 5.88 Å². The number of hydrogen-bond acceptors (Lipinski definition) is 5. The highest BCUT2D eigenvalue weighted by molar-refractivity contribution is 5.90. The normalized spacial score (nSPS) is 19.0. The van der Waals surface area contributed by atoms with Gasteiger partial charge in [-0.05, 0) is 61.3 Å². The molecular formula is C31H28F3N3O2. The van der Waals surface area contributed by atoms with Gasteiger partial charge in [-0.1, -0.05) is 41.6 Å². The molecule has 3 fully saturated rings. The summed E-state index contributed by atoms with van der Waals surface area (Å²) >= 11 is 0. The minimum atomic E-state index is -4.46. The Kier molecular flexibility index (Phi) is 5.51. The number of fused-ring (bicyclic) bond motifs is 1. The second-order valence-electron chi connectivity index (χ2n) is 11.2. The lowest BCUT2D eigenvalue weighted by molar-refractivity contribution is -0.137. The van der Waals surface area contributed by atoms with Crippen molar-refractivity contribution in [2.24, 2.45) is 11.3 Å². The van der Waals surface area contributed by atoms with Gasteiger partial charge >= 0.3 is 6.18 Å². The SMILES string of the molecule is COc1nccc2ccc(N3CC4(CC(/C=C/c5c(-c6ccccc6C(F)(F)F)noc5C5CC5)C4)C3)cc12. The molecule has 0 atom stereocenters. The number of nitrogens with zero attached hydrogens (tertiary/aromatic N) is 3. The van der Waals surface area contributed by atoms with Gasteiger partial charge in [0.25, 0.3) is 0 Å². The Hall–Kier alpha value is -3.81. The quantitative estimate of drug-likeness (QED) is 0.255. The van der Waals surface area contributed by atoms with E-state index in [4.69, 9.17) is 9.26 Å². The van der Waals surface area contributed by atoms with Gasteiger partial charge in [0.05, 0.1) is 12.7 Å². The molecule has 0 N–H and O–H groups in total. The van der Waals surface area contributed by atoms with Crippen molar-refractivity contribution in [1.82, 2.24) is 10.1 Å². The van der Waals surface area contributed by atoms with Crippen LogP contribution in [0.15, 0.2) is 65.3 Å². The monoisotopic (exact) mass is 531 g/mol. The first kappa shape index (κ1) is 24.2. The van der Waals surface area contributed by atoms with E-state index in [2.05, 4.69) is 39.3 Å². The Bertz CT molecular complexity index is 1570. The van der Waals surface area contributed by atoms with Crippen molar-refractivity contribution in [3.8, 4) is 17.1 Å². The maximum atomic E-state index is 13.7. The summed E-state index contributed by atoms with van der Waals surface area (Å²) in [6.45, 7) is 1.99. The molecule has 2 aliphatic carbocycles. The number of pyridine rings is 1. The number of anilines is 1. The van der Waals surface area contributed by atoms with Crippen molar-refractivity contribution in [1.29, 1.82) is 0 Å². The largest absolute Gasteiger partial charge is 0.481 e. The van der Waals surface area contributed by atoms with Crippen LogP contribution in [-0.2, 0) is 6.18 Å². The lowest BCUT2D eigenvalue weighted by Gasteiger charge is -2.59. The third kappa shape index (κ3) is 4.26. The summed E-state index contributed by atoms with van der Waals surface area (Å²) in [5.41, 5.74) is 1.83. The standard InChI is InChI=1S/C31H28F3N3O2/c1-38-29-25-14-22(10-9-20(25)12-13-35-29)37-17-30(18-37)15-19(16-30)6-11-24-27(36-39-28(24)21-7-8-21)23-4-2-3-5-26(23)31(32,33)34/h2-6,9-14,19,21H,7-8,15-18H2,1H3/b11-6+. The Morgan fingerprint density at radius 3 is 2.62 bits per heavy atom. The van der Waals surface area contributed by atoms with E-state index in [0.717, 1.165) is 55.6 Å². The Morgan fingerprint density at radius 2 is 1.87 bits per heavy atom. The minimum absolute atomic E-state index is 0.0715. The van der Waals surface area contributed by atoms with Crippen molar-refractivity contribution in [2.45, 2.75) is 37.8 Å². The number of aromatic nitrogens is 2. The van der Waals surface area contributed by atoms with Crippen molar-refractivity contribution >= 4 is 22.5 Å². The van der Waals surface area contributed by atoms with Gasteiger partial charge in [-0.2, -0.15) is 13.2 Å². The van der Waals surface area contributed by atoms with Gasteiger partial charge < -0.3 is 14.2 Å². The molecule has 2 aromatic carbocycles. The summed E-state index contributed by atoms with van der Waals surface area (Å²) in [4.78, 5) is 6.72. The number of hydrogen-bond donors (Lipinski definition) is 0. The topological polar surface area (TPSA) is 51.4 Å². The Morgan fingerprint density at radius 1 is 1.08 bits per heavy atom. The highest BCUT2D eigenvalue weighted by Gasteiger charge is 2.51. The molecule has 0 radical (unpaired) electrons. The van der Waals surface area contributed by atoms with Gasteiger partial charge in [-0.15, -0.1) is 0 Å². The van der Waals surface area contributed by atoms with Crippen LogP contribution in [-0.4, -0.2) is 30.3 Å². The highest BCUT2D eigenvalue weighted by atomic mass is 19.4. The number of methoxy groups -OCH3 is 1. The molecule has 8 heteroatoms. The van der Waals surface area contributed by atoms with Gasteiger partial charge in [0.1, 0.15) is 11.5 Å². The maximum absolute atomic E-state index is 13.7. The minimum Gasteiger partial charge on any atom is -0.481 e. The molecule has 0 bridgehead atoms. The molecule has 3 aliphatic rings. The average Bonchev–Trinajstić information content (AvgIpc) is 3.65. The van der Waals surface area contributed by atoms with Crippen molar-refractivity contribution < 1.29 is 22.4 Å². The van der Waals surface area contributed by atoms with E-state index in [1.807, 2.05) is 12.1 Å². The van der Waals surface area contributed by atoms with E-state index in [-0.39, 0.29) is 17.2 Å². The van der Waals surface area contributed by atoms with Gasteiger partial charge in [0, 0.05) is 52.8 Å². The highest BCUT2D eigenvalue weighted by Crippen LogP contribution is 2.54. The number of ether oxygens (including phenoxy) is 1. The molecule has 5 nitrogen and oxygen atoms in total. The van der Waals surface area contributed by atoms with Gasteiger partial charge in [-0.3, -0.25) is 0 Å². The molecule has 7 rings (SSSR count).